The fourth-order valence-electron chi connectivity index (χ4n) is 3.50. The highest BCUT2D eigenvalue weighted by Gasteiger charge is 2.35. The van der Waals surface area contributed by atoms with E-state index in [0.29, 0.717) is 18.6 Å². The molecule has 1 aliphatic rings. The second kappa shape index (κ2) is 7.77. The van der Waals surface area contributed by atoms with Gasteiger partial charge in [-0.15, -0.1) is 0 Å². The minimum Gasteiger partial charge on any atom is -0.380 e. The molecular weight excluding hydrogens is 248 g/mol. The number of nitrogens with zero attached hydrogens (tertiary/aromatic N) is 1. The molecule has 1 heterocycles. The molecule has 1 aromatic carbocycles. The summed E-state index contributed by atoms with van der Waals surface area (Å²) in [5, 5.41) is 3.37. The Morgan fingerprint density at radius 1 is 1.35 bits per heavy atom. The summed E-state index contributed by atoms with van der Waals surface area (Å²) in [5.41, 5.74) is 2.80. The predicted molar refractivity (Wildman–Crippen MR) is 83.8 cm³/mol. The lowest BCUT2D eigenvalue weighted by molar-refractivity contribution is 0.178. The summed E-state index contributed by atoms with van der Waals surface area (Å²) in [5.74, 6) is 0.699. The third-order valence-electron chi connectivity index (χ3n) is 4.28. The largest absolute Gasteiger partial charge is 0.380 e. The molecule has 2 atom stereocenters. The zero-order valence-corrected chi connectivity index (χ0v) is 13.1. The van der Waals surface area contributed by atoms with Crippen LogP contribution < -0.4 is 5.32 Å². The number of methoxy groups -OCH3 is 1. The van der Waals surface area contributed by atoms with Crippen LogP contribution in [-0.4, -0.2) is 38.7 Å². The van der Waals surface area contributed by atoms with Crippen molar-refractivity contribution in [1.82, 2.24) is 10.2 Å². The van der Waals surface area contributed by atoms with Crippen LogP contribution in [0.2, 0.25) is 0 Å². The maximum absolute atomic E-state index is 5.38. The Hall–Kier alpha value is -0.900. The van der Waals surface area contributed by atoms with Crippen molar-refractivity contribution < 1.29 is 4.74 Å². The normalized spacial score (nSPS) is 23.4. The lowest BCUT2D eigenvalue weighted by atomic mass is 9.90. The molecule has 0 amide bonds. The zero-order chi connectivity index (χ0) is 14.4. The Labute approximate surface area is 123 Å². The van der Waals surface area contributed by atoms with E-state index in [0.717, 1.165) is 6.54 Å². The molecule has 0 saturated carbocycles. The van der Waals surface area contributed by atoms with E-state index >= 15 is 0 Å². The van der Waals surface area contributed by atoms with E-state index in [-0.39, 0.29) is 0 Å². The summed E-state index contributed by atoms with van der Waals surface area (Å²) >= 11 is 0. The Morgan fingerprint density at radius 2 is 2.15 bits per heavy atom. The number of benzene rings is 1. The molecule has 3 nitrogen and oxygen atoms in total. The number of hydrogen-bond donors (Lipinski definition) is 1. The van der Waals surface area contributed by atoms with Gasteiger partial charge in [-0.3, -0.25) is 4.90 Å². The van der Waals surface area contributed by atoms with Gasteiger partial charge in [0.25, 0.3) is 0 Å². The van der Waals surface area contributed by atoms with Gasteiger partial charge in [0.15, 0.2) is 0 Å². The molecule has 0 aliphatic carbocycles. The molecule has 2 unspecified atom stereocenters. The van der Waals surface area contributed by atoms with Gasteiger partial charge in [-0.1, -0.05) is 31.2 Å². The van der Waals surface area contributed by atoms with Crippen LogP contribution in [-0.2, 0) is 11.3 Å². The molecule has 1 aromatic rings. The second-order valence-electron chi connectivity index (χ2n) is 5.72. The van der Waals surface area contributed by atoms with Gasteiger partial charge in [-0.2, -0.15) is 0 Å². The Balaban J connectivity index is 2.28. The smallest absolute Gasteiger partial charge is 0.0716 e. The first-order chi connectivity index (χ1) is 9.81. The quantitative estimate of drug-likeness (QED) is 0.829. The first-order valence-electron chi connectivity index (χ1n) is 7.77. The summed E-state index contributed by atoms with van der Waals surface area (Å²) in [4.78, 5) is 2.65. The van der Waals surface area contributed by atoms with Gasteiger partial charge in [0, 0.05) is 13.2 Å². The summed E-state index contributed by atoms with van der Waals surface area (Å²) in [6.45, 7) is 6.47. The van der Waals surface area contributed by atoms with E-state index in [1.54, 1.807) is 7.11 Å². The molecule has 1 fully saturated rings. The SMILES string of the molecule is CCCN1CCC(CNC)C1c1ccccc1COC. The van der Waals surface area contributed by atoms with Crippen LogP contribution in [0.5, 0.6) is 0 Å². The van der Waals surface area contributed by atoms with Crippen LogP contribution in [0.1, 0.15) is 36.9 Å². The van der Waals surface area contributed by atoms with E-state index in [4.69, 9.17) is 4.74 Å². The van der Waals surface area contributed by atoms with Crippen LogP contribution in [0.25, 0.3) is 0 Å². The maximum atomic E-state index is 5.38. The number of nitrogens with one attached hydrogen (secondary N) is 1. The number of rotatable bonds is 7. The van der Waals surface area contributed by atoms with Crippen molar-refractivity contribution in [3.8, 4) is 0 Å². The summed E-state index contributed by atoms with van der Waals surface area (Å²) in [7, 11) is 3.83. The van der Waals surface area contributed by atoms with Gasteiger partial charge in [-0.05, 0) is 56.6 Å². The fraction of sp³-hybridized carbons (Fsp3) is 0.647. The molecule has 0 radical (unpaired) electrons. The van der Waals surface area contributed by atoms with Crippen LogP contribution in [0.15, 0.2) is 24.3 Å². The van der Waals surface area contributed by atoms with Crippen molar-refractivity contribution in [2.75, 3.05) is 33.8 Å². The van der Waals surface area contributed by atoms with Gasteiger partial charge in [-0.25, -0.2) is 0 Å². The highest BCUT2D eigenvalue weighted by molar-refractivity contribution is 5.31. The van der Waals surface area contributed by atoms with E-state index in [1.165, 1.54) is 37.1 Å². The first-order valence-corrected chi connectivity index (χ1v) is 7.77. The third-order valence-corrected chi connectivity index (χ3v) is 4.28. The molecule has 0 spiro atoms. The molecule has 112 valence electrons. The second-order valence-corrected chi connectivity index (χ2v) is 5.72. The highest BCUT2D eigenvalue weighted by Crippen LogP contribution is 2.38. The average Bonchev–Trinajstić information content (AvgIpc) is 2.84. The van der Waals surface area contributed by atoms with Gasteiger partial charge in [0.05, 0.1) is 6.61 Å². The molecule has 3 heteroatoms. The van der Waals surface area contributed by atoms with E-state index in [2.05, 4.69) is 48.5 Å². The number of hydrogen-bond acceptors (Lipinski definition) is 3. The number of likely N-dealkylation sites (tertiary alicyclic amines) is 1. The molecule has 2 rings (SSSR count). The van der Waals surface area contributed by atoms with Gasteiger partial charge in [0.2, 0.25) is 0 Å². The Morgan fingerprint density at radius 3 is 2.85 bits per heavy atom. The molecule has 1 saturated heterocycles. The molecule has 0 bridgehead atoms. The maximum Gasteiger partial charge on any atom is 0.0716 e. The van der Waals surface area contributed by atoms with Crippen LogP contribution in [0, 0.1) is 5.92 Å². The molecule has 20 heavy (non-hydrogen) atoms. The predicted octanol–water partition coefficient (Wildman–Crippen LogP) is 2.83. The van der Waals surface area contributed by atoms with Gasteiger partial charge < -0.3 is 10.1 Å². The lowest BCUT2D eigenvalue weighted by Crippen LogP contribution is -2.30. The minimum atomic E-state index is 0.536. The van der Waals surface area contributed by atoms with Crippen molar-refractivity contribution in [1.29, 1.82) is 0 Å². The van der Waals surface area contributed by atoms with Gasteiger partial charge in [0.1, 0.15) is 0 Å². The summed E-state index contributed by atoms with van der Waals surface area (Å²) in [6, 6.07) is 9.30. The Kier molecular flexibility index (Phi) is 6.02. The van der Waals surface area contributed by atoms with Crippen molar-refractivity contribution in [2.24, 2.45) is 5.92 Å². The van der Waals surface area contributed by atoms with E-state index in [9.17, 15) is 0 Å². The minimum absolute atomic E-state index is 0.536. The zero-order valence-electron chi connectivity index (χ0n) is 13.1. The Bertz CT molecular complexity index is 394. The van der Waals surface area contributed by atoms with Crippen molar-refractivity contribution in [2.45, 2.75) is 32.4 Å². The standard InChI is InChI=1S/C17H28N2O/c1-4-10-19-11-9-14(12-18-2)17(19)16-8-6-5-7-15(16)13-20-3/h5-8,14,17-18H,4,9-13H2,1-3H3. The molecule has 1 aliphatic heterocycles. The first kappa shape index (κ1) is 15.5. The molecule has 0 aromatic heterocycles. The summed E-state index contributed by atoms with van der Waals surface area (Å²) < 4.78 is 5.38. The fourth-order valence-corrected chi connectivity index (χ4v) is 3.50. The van der Waals surface area contributed by atoms with Crippen molar-refractivity contribution in [3.05, 3.63) is 35.4 Å². The van der Waals surface area contributed by atoms with E-state index < -0.39 is 0 Å². The number of ether oxygens (including phenoxy) is 1. The highest BCUT2D eigenvalue weighted by atomic mass is 16.5. The molecular formula is C17H28N2O. The van der Waals surface area contributed by atoms with E-state index in [1.807, 2.05) is 0 Å². The van der Waals surface area contributed by atoms with Crippen molar-refractivity contribution in [3.63, 3.8) is 0 Å². The monoisotopic (exact) mass is 276 g/mol. The average molecular weight is 276 g/mol. The van der Waals surface area contributed by atoms with Crippen LogP contribution in [0.3, 0.4) is 0 Å². The topological polar surface area (TPSA) is 24.5 Å². The van der Waals surface area contributed by atoms with Crippen molar-refractivity contribution >= 4 is 0 Å². The third kappa shape index (κ3) is 3.40. The lowest BCUT2D eigenvalue weighted by Gasteiger charge is -2.30. The van der Waals surface area contributed by atoms with Crippen LogP contribution in [0.4, 0.5) is 0 Å². The van der Waals surface area contributed by atoms with Crippen LogP contribution >= 0.6 is 0 Å². The molecule has 1 N–H and O–H groups in total. The van der Waals surface area contributed by atoms with Gasteiger partial charge >= 0.3 is 0 Å². The summed E-state index contributed by atoms with van der Waals surface area (Å²) in [6.07, 6.45) is 2.50.